The zero-order valence-electron chi connectivity index (χ0n) is 11.9. The third-order valence-corrected chi connectivity index (χ3v) is 5.71. The lowest BCUT2D eigenvalue weighted by Crippen LogP contribution is -2.55. The highest BCUT2D eigenvalue weighted by molar-refractivity contribution is 7.86. The Kier molecular flexibility index (Phi) is 4.68. The van der Waals surface area contributed by atoms with Gasteiger partial charge in [0, 0.05) is 26.2 Å². The van der Waals surface area contributed by atoms with Crippen molar-refractivity contribution in [1.29, 1.82) is 0 Å². The number of hydrogen-bond acceptors (Lipinski definition) is 4. The van der Waals surface area contributed by atoms with Gasteiger partial charge in [0.15, 0.2) is 0 Å². The summed E-state index contributed by atoms with van der Waals surface area (Å²) in [6.07, 6.45) is 0.838. The van der Waals surface area contributed by atoms with Crippen molar-refractivity contribution >= 4 is 16.2 Å². The summed E-state index contributed by atoms with van der Waals surface area (Å²) in [4.78, 5) is 11.1. The summed E-state index contributed by atoms with van der Waals surface area (Å²) in [6, 6.07) is 0. The standard InChI is InChI=1S/C12H22N2O5S/c1-9-6-14(7-10(2)19-9)20(17,18)13-5-3-4-11(8-13)12(15)16/h9-11H,3-8H2,1-2H3,(H,15,16)/t9?,10?,11-/m1/s1. The zero-order chi connectivity index (χ0) is 14.9. The fraction of sp³-hybridized carbons (Fsp3) is 0.917. The summed E-state index contributed by atoms with van der Waals surface area (Å²) in [5, 5.41) is 9.06. The van der Waals surface area contributed by atoms with Crippen LogP contribution in [-0.2, 0) is 19.7 Å². The third kappa shape index (κ3) is 3.30. The second-order valence-corrected chi connectivity index (χ2v) is 7.55. The van der Waals surface area contributed by atoms with Crippen LogP contribution < -0.4 is 0 Å². The minimum absolute atomic E-state index is 0.0672. The SMILES string of the molecule is CC1CN(S(=O)(=O)N2CCC[C@@H](C(=O)O)C2)CC(C)O1. The van der Waals surface area contributed by atoms with E-state index in [9.17, 15) is 13.2 Å². The van der Waals surface area contributed by atoms with Gasteiger partial charge >= 0.3 is 5.97 Å². The molecule has 3 atom stereocenters. The summed E-state index contributed by atoms with van der Waals surface area (Å²) in [5.41, 5.74) is 0. The molecule has 2 heterocycles. The van der Waals surface area contributed by atoms with E-state index in [0.29, 0.717) is 32.5 Å². The third-order valence-electron chi connectivity index (χ3n) is 3.77. The van der Waals surface area contributed by atoms with Crippen LogP contribution in [-0.4, -0.2) is 66.5 Å². The van der Waals surface area contributed by atoms with Gasteiger partial charge in [0.25, 0.3) is 10.2 Å². The van der Waals surface area contributed by atoms with Crippen LogP contribution in [0.3, 0.4) is 0 Å². The molecule has 2 fully saturated rings. The predicted molar refractivity (Wildman–Crippen MR) is 72.4 cm³/mol. The number of ether oxygens (including phenoxy) is 1. The maximum Gasteiger partial charge on any atom is 0.307 e. The summed E-state index contributed by atoms with van der Waals surface area (Å²) < 4.78 is 33.5. The number of carboxylic acids is 1. The van der Waals surface area contributed by atoms with Crippen LogP contribution in [0.25, 0.3) is 0 Å². The average Bonchev–Trinajstić information content (AvgIpc) is 2.37. The van der Waals surface area contributed by atoms with E-state index in [2.05, 4.69) is 0 Å². The van der Waals surface area contributed by atoms with Crippen LogP contribution in [0.2, 0.25) is 0 Å². The molecular weight excluding hydrogens is 284 g/mol. The number of carboxylic acid groups (broad SMARTS) is 1. The van der Waals surface area contributed by atoms with Gasteiger partial charge in [-0.25, -0.2) is 0 Å². The van der Waals surface area contributed by atoms with Crippen molar-refractivity contribution in [2.45, 2.75) is 38.9 Å². The minimum Gasteiger partial charge on any atom is -0.481 e. The molecular formula is C12H22N2O5S. The van der Waals surface area contributed by atoms with Crippen molar-refractivity contribution in [1.82, 2.24) is 8.61 Å². The van der Waals surface area contributed by atoms with Gasteiger partial charge in [-0.2, -0.15) is 17.0 Å². The smallest absolute Gasteiger partial charge is 0.307 e. The lowest BCUT2D eigenvalue weighted by atomic mass is 10.0. The second kappa shape index (κ2) is 5.97. The van der Waals surface area contributed by atoms with E-state index in [1.807, 2.05) is 13.8 Å². The summed E-state index contributed by atoms with van der Waals surface area (Å²) >= 11 is 0. The molecule has 0 radical (unpaired) electrons. The molecule has 2 aliphatic rings. The largest absolute Gasteiger partial charge is 0.481 e. The van der Waals surface area contributed by atoms with E-state index < -0.39 is 22.1 Å². The van der Waals surface area contributed by atoms with E-state index in [0.717, 1.165) is 0 Å². The molecule has 0 amide bonds. The Hall–Kier alpha value is -0.700. The highest BCUT2D eigenvalue weighted by atomic mass is 32.2. The molecule has 1 N–H and O–H groups in total. The average molecular weight is 306 g/mol. The van der Waals surface area contributed by atoms with Crippen molar-refractivity contribution in [2.24, 2.45) is 5.92 Å². The molecule has 0 aliphatic carbocycles. The van der Waals surface area contributed by atoms with Gasteiger partial charge in [-0.15, -0.1) is 0 Å². The molecule has 20 heavy (non-hydrogen) atoms. The van der Waals surface area contributed by atoms with E-state index in [1.165, 1.54) is 8.61 Å². The Labute approximate surface area is 119 Å². The summed E-state index contributed by atoms with van der Waals surface area (Å²) in [6.45, 7) is 4.79. The number of piperidine rings is 1. The Balaban J connectivity index is 2.11. The van der Waals surface area contributed by atoms with Gasteiger partial charge in [-0.05, 0) is 26.7 Å². The molecule has 2 rings (SSSR count). The van der Waals surface area contributed by atoms with Gasteiger partial charge < -0.3 is 9.84 Å². The Morgan fingerprint density at radius 3 is 2.30 bits per heavy atom. The van der Waals surface area contributed by atoms with Crippen LogP contribution >= 0.6 is 0 Å². The lowest BCUT2D eigenvalue weighted by Gasteiger charge is -2.39. The van der Waals surface area contributed by atoms with Gasteiger partial charge in [0.1, 0.15) is 0 Å². The second-order valence-electron chi connectivity index (χ2n) is 5.62. The van der Waals surface area contributed by atoms with E-state index in [-0.39, 0.29) is 18.8 Å². The summed E-state index contributed by atoms with van der Waals surface area (Å²) in [5.74, 6) is -1.52. The number of hydrogen-bond donors (Lipinski definition) is 1. The minimum atomic E-state index is -3.59. The van der Waals surface area contributed by atoms with E-state index >= 15 is 0 Å². The topological polar surface area (TPSA) is 87.2 Å². The maximum absolute atomic E-state index is 12.6. The number of carbonyl (C=O) groups is 1. The van der Waals surface area contributed by atoms with Crippen LogP contribution in [0.1, 0.15) is 26.7 Å². The Bertz CT molecular complexity index is 456. The molecule has 2 unspecified atom stereocenters. The summed E-state index contributed by atoms with van der Waals surface area (Å²) in [7, 11) is -3.59. The highest BCUT2D eigenvalue weighted by Crippen LogP contribution is 2.23. The number of nitrogens with zero attached hydrogens (tertiary/aromatic N) is 2. The van der Waals surface area contributed by atoms with Crippen LogP contribution in [0.5, 0.6) is 0 Å². The van der Waals surface area contributed by atoms with Crippen molar-refractivity contribution in [3.63, 3.8) is 0 Å². The van der Waals surface area contributed by atoms with Crippen molar-refractivity contribution in [3.05, 3.63) is 0 Å². The molecule has 0 aromatic carbocycles. The fourth-order valence-electron chi connectivity index (χ4n) is 2.84. The zero-order valence-corrected chi connectivity index (χ0v) is 12.7. The van der Waals surface area contributed by atoms with Gasteiger partial charge in [0.05, 0.1) is 18.1 Å². The molecule has 7 nitrogen and oxygen atoms in total. The first-order valence-electron chi connectivity index (χ1n) is 6.94. The molecule has 2 saturated heterocycles. The van der Waals surface area contributed by atoms with Crippen molar-refractivity contribution < 1.29 is 23.1 Å². The normalized spacial score (nSPS) is 34.0. The molecule has 0 spiro atoms. The van der Waals surface area contributed by atoms with Crippen molar-refractivity contribution in [2.75, 3.05) is 26.2 Å². The maximum atomic E-state index is 12.6. The first kappa shape index (κ1) is 15.7. The number of rotatable bonds is 3. The highest BCUT2D eigenvalue weighted by Gasteiger charge is 2.38. The molecule has 2 aliphatic heterocycles. The van der Waals surface area contributed by atoms with Crippen molar-refractivity contribution in [3.8, 4) is 0 Å². The molecule has 0 bridgehead atoms. The van der Waals surface area contributed by atoms with Gasteiger partial charge in [-0.3, -0.25) is 4.79 Å². The Morgan fingerprint density at radius 2 is 1.75 bits per heavy atom. The lowest BCUT2D eigenvalue weighted by molar-refractivity contribution is -0.142. The first-order chi connectivity index (χ1) is 9.30. The number of morpholine rings is 1. The number of aliphatic carboxylic acids is 1. The molecule has 116 valence electrons. The van der Waals surface area contributed by atoms with E-state index in [1.54, 1.807) is 0 Å². The van der Waals surface area contributed by atoms with Crippen LogP contribution in [0.15, 0.2) is 0 Å². The Morgan fingerprint density at radius 1 is 1.15 bits per heavy atom. The first-order valence-corrected chi connectivity index (χ1v) is 8.34. The molecule has 0 aromatic rings. The molecule has 0 saturated carbocycles. The predicted octanol–water partition coefficient (Wildman–Crippen LogP) is 0.137. The van der Waals surface area contributed by atoms with Crippen LogP contribution in [0.4, 0.5) is 0 Å². The monoisotopic (exact) mass is 306 g/mol. The fourth-order valence-corrected chi connectivity index (χ4v) is 4.69. The van der Waals surface area contributed by atoms with E-state index in [4.69, 9.17) is 9.84 Å². The molecule has 0 aromatic heterocycles. The quantitative estimate of drug-likeness (QED) is 0.801. The van der Waals surface area contributed by atoms with Gasteiger partial charge in [-0.1, -0.05) is 0 Å². The van der Waals surface area contributed by atoms with Crippen LogP contribution in [0, 0.1) is 5.92 Å². The van der Waals surface area contributed by atoms with Gasteiger partial charge in [0.2, 0.25) is 0 Å². The molecule has 8 heteroatoms.